The maximum atomic E-state index is 7.22. The van der Waals surface area contributed by atoms with Crippen LogP contribution in [0.3, 0.4) is 0 Å². The fraction of sp³-hybridized carbons (Fsp3) is 0.300. The Labute approximate surface area is 73.3 Å². The average Bonchev–Trinajstić information content (AvgIpc) is 2.03. The Bertz CT molecular complexity index is 290. The van der Waals surface area contributed by atoms with Crippen LogP contribution in [0.1, 0.15) is 11.1 Å². The maximum Gasteiger partial charge on any atom is 0.0479 e. The molecule has 0 heterocycles. The van der Waals surface area contributed by atoms with Crippen molar-refractivity contribution in [2.24, 2.45) is 0 Å². The largest absolute Gasteiger partial charge is 0.377 e. The van der Waals surface area contributed by atoms with Gasteiger partial charge in [0.25, 0.3) is 0 Å². The summed E-state index contributed by atoms with van der Waals surface area (Å²) >= 11 is 0. The summed E-state index contributed by atoms with van der Waals surface area (Å²) in [7, 11) is 3.99. The molecule has 1 aromatic carbocycles. The molecule has 0 bridgehead atoms. The van der Waals surface area contributed by atoms with Crippen LogP contribution in [0.25, 0.3) is 0 Å². The number of para-hydroxylation sites is 1. The smallest absolute Gasteiger partial charge is 0.0479 e. The van der Waals surface area contributed by atoms with Crippen LogP contribution in [0.2, 0.25) is 0 Å². The van der Waals surface area contributed by atoms with Crippen molar-refractivity contribution in [3.63, 3.8) is 0 Å². The summed E-state index contributed by atoms with van der Waals surface area (Å²) in [5.74, 6) is 0. The maximum absolute atomic E-state index is 7.22. The predicted octanol–water partition coefficient (Wildman–Crippen LogP) is 2.06. The van der Waals surface area contributed by atoms with E-state index in [-0.39, 0.29) is 0 Å². The number of anilines is 1. The molecule has 1 rings (SSSR count). The first kappa shape index (κ1) is 8.78. The van der Waals surface area contributed by atoms with Crippen LogP contribution >= 0.6 is 0 Å². The molecular formula is C10H14N2. The summed E-state index contributed by atoms with van der Waals surface area (Å²) in [5.41, 5.74) is 3.31. The quantitative estimate of drug-likeness (QED) is 0.662. The summed E-state index contributed by atoms with van der Waals surface area (Å²) in [6, 6.07) is 5.99. The zero-order chi connectivity index (χ0) is 9.14. The SMILES string of the molecule is Cc1cccc(C=N)c1N(C)C. The monoisotopic (exact) mass is 162 g/mol. The van der Waals surface area contributed by atoms with E-state index in [0.29, 0.717) is 0 Å². The van der Waals surface area contributed by atoms with Gasteiger partial charge in [-0.1, -0.05) is 18.2 Å². The van der Waals surface area contributed by atoms with Gasteiger partial charge in [0.05, 0.1) is 0 Å². The molecule has 0 amide bonds. The van der Waals surface area contributed by atoms with E-state index < -0.39 is 0 Å². The molecule has 0 spiro atoms. The number of rotatable bonds is 2. The van der Waals surface area contributed by atoms with Gasteiger partial charge >= 0.3 is 0 Å². The van der Waals surface area contributed by atoms with Gasteiger partial charge in [0.15, 0.2) is 0 Å². The first-order valence-electron chi connectivity index (χ1n) is 3.94. The standard InChI is InChI=1S/C10H14N2/c1-8-5-4-6-9(7-11)10(8)12(2)3/h4-7,11H,1-3H3. The number of nitrogens with one attached hydrogen (secondary N) is 1. The Hall–Kier alpha value is -1.31. The van der Waals surface area contributed by atoms with Crippen LogP contribution in [0.4, 0.5) is 5.69 Å². The minimum atomic E-state index is 0.972. The molecule has 0 aliphatic carbocycles. The molecule has 0 atom stereocenters. The lowest BCUT2D eigenvalue weighted by Gasteiger charge is -2.17. The summed E-state index contributed by atoms with van der Waals surface area (Å²) in [6.07, 6.45) is 1.39. The van der Waals surface area contributed by atoms with Crippen LogP contribution in [0, 0.1) is 12.3 Å². The van der Waals surface area contributed by atoms with E-state index in [9.17, 15) is 0 Å². The first-order chi connectivity index (χ1) is 5.66. The fourth-order valence-corrected chi connectivity index (χ4v) is 1.41. The molecule has 0 saturated carbocycles. The molecule has 0 unspecified atom stereocenters. The van der Waals surface area contributed by atoms with Crippen molar-refractivity contribution >= 4 is 11.9 Å². The Kier molecular flexibility index (Phi) is 2.48. The topological polar surface area (TPSA) is 27.1 Å². The van der Waals surface area contributed by atoms with Crippen molar-refractivity contribution in [2.45, 2.75) is 6.92 Å². The van der Waals surface area contributed by atoms with Gasteiger partial charge in [-0.15, -0.1) is 0 Å². The van der Waals surface area contributed by atoms with Gasteiger partial charge < -0.3 is 10.3 Å². The summed E-state index contributed by atoms with van der Waals surface area (Å²) in [6.45, 7) is 2.06. The molecule has 64 valence electrons. The van der Waals surface area contributed by atoms with Crippen molar-refractivity contribution in [1.29, 1.82) is 5.41 Å². The van der Waals surface area contributed by atoms with Crippen LogP contribution in [0.15, 0.2) is 18.2 Å². The van der Waals surface area contributed by atoms with Crippen molar-refractivity contribution in [1.82, 2.24) is 0 Å². The molecule has 1 aromatic rings. The molecule has 12 heavy (non-hydrogen) atoms. The molecule has 0 aliphatic heterocycles. The highest BCUT2D eigenvalue weighted by molar-refractivity contribution is 5.87. The Balaban J connectivity index is 3.29. The van der Waals surface area contributed by atoms with E-state index in [0.717, 1.165) is 11.3 Å². The fourth-order valence-electron chi connectivity index (χ4n) is 1.41. The lowest BCUT2D eigenvalue weighted by Crippen LogP contribution is -2.12. The van der Waals surface area contributed by atoms with Gasteiger partial charge in [-0.3, -0.25) is 0 Å². The van der Waals surface area contributed by atoms with E-state index in [1.807, 2.05) is 31.1 Å². The third-order valence-corrected chi connectivity index (χ3v) is 1.87. The molecule has 0 radical (unpaired) electrons. The Morgan fingerprint density at radius 1 is 1.33 bits per heavy atom. The molecule has 0 fully saturated rings. The zero-order valence-corrected chi connectivity index (χ0v) is 7.76. The van der Waals surface area contributed by atoms with E-state index in [1.165, 1.54) is 11.8 Å². The Morgan fingerprint density at radius 2 is 2.00 bits per heavy atom. The van der Waals surface area contributed by atoms with Gasteiger partial charge in [-0.2, -0.15) is 0 Å². The second kappa shape index (κ2) is 3.39. The normalized spacial score (nSPS) is 9.58. The van der Waals surface area contributed by atoms with Crippen molar-refractivity contribution < 1.29 is 0 Å². The molecule has 2 heteroatoms. The molecule has 2 nitrogen and oxygen atoms in total. The van der Waals surface area contributed by atoms with E-state index in [4.69, 9.17) is 5.41 Å². The molecule has 0 aliphatic rings. The molecular weight excluding hydrogens is 148 g/mol. The summed E-state index contributed by atoms with van der Waals surface area (Å²) in [4.78, 5) is 2.04. The van der Waals surface area contributed by atoms with Gasteiger partial charge in [0.2, 0.25) is 0 Å². The van der Waals surface area contributed by atoms with Crippen LogP contribution in [0.5, 0.6) is 0 Å². The third-order valence-electron chi connectivity index (χ3n) is 1.87. The van der Waals surface area contributed by atoms with Crippen LogP contribution < -0.4 is 4.90 Å². The highest BCUT2D eigenvalue weighted by Gasteiger charge is 2.03. The molecule has 1 N–H and O–H groups in total. The third kappa shape index (κ3) is 1.47. The second-order valence-corrected chi connectivity index (χ2v) is 3.05. The summed E-state index contributed by atoms with van der Waals surface area (Å²) < 4.78 is 0. The predicted molar refractivity (Wildman–Crippen MR) is 53.4 cm³/mol. The number of benzene rings is 1. The molecule has 0 aromatic heterocycles. The first-order valence-corrected chi connectivity index (χ1v) is 3.94. The number of hydrogen-bond acceptors (Lipinski definition) is 2. The highest BCUT2D eigenvalue weighted by Crippen LogP contribution is 2.21. The number of hydrogen-bond donors (Lipinski definition) is 1. The minimum Gasteiger partial charge on any atom is -0.377 e. The molecule has 0 saturated heterocycles. The zero-order valence-electron chi connectivity index (χ0n) is 7.76. The minimum absolute atomic E-state index is 0.972. The van der Waals surface area contributed by atoms with Gasteiger partial charge in [0.1, 0.15) is 0 Å². The van der Waals surface area contributed by atoms with Crippen molar-refractivity contribution in [3.05, 3.63) is 29.3 Å². The second-order valence-electron chi connectivity index (χ2n) is 3.05. The van der Waals surface area contributed by atoms with Crippen LogP contribution in [-0.4, -0.2) is 20.3 Å². The average molecular weight is 162 g/mol. The highest BCUT2D eigenvalue weighted by atomic mass is 15.1. The van der Waals surface area contributed by atoms with E-state index in [2.05, 4.69) is 13.0 Å². The van der Waals surface area contributed by atoms with Crippen molar-refractivity contribution in [2.75, 3.05) is 19.0 Å². The lowest BCUT2D eigenvalue weighted by atomic mass is 10.1. The summed E-state index contributed by atoms with van der Waals surface area (Å²) in [5, 5.41) is 7.22. The number of nitrogens with zero attached hydrogens (tertiary/aromatic N) is 1. The van der Waals surface area contributed by atoms with Crippen LogP contribution in [-0.2, 0) is 0 Å². The van der Waals surface area contributed by atoms with Gasteiger partial charge in [-0.05, 0) is 12.5 Å². The van der Waals surface area contributed by atoms with E-state index in [1.54, 1.807) is 0 Å². The lowest BCUT2D eigenvalue weighted by molar-refractivity contribution is 1.11. The Morgan fingerprint density at radius 3 is 2.42 bits per heavy atom. The number of aryl methyl sites for hydroxylation is 1. The van der Waals surface area contributed by atoms with Gasteiger partial charge in [-0.25, -0.2) is 0 Å². The van der Waals surface area contributed by atoms with Gasteiger partial charge in [0, 0.05) is 31.6 Å². The van der Waals surface area contributed by atoms with Crippen molar-refractivity contribution in [3.8, 4) is 0 Å². The van der Waals surface area contributed by atoms with E-state index >= 15 is 0 Å².